The van der Waals surface area contributed by atoms with Crippen LogP contribution in [0.25, 0.3) is 0 Å². The minimum Gasteiger partial charge on any atom is -0.389 e. The van der Waals surface area contributed by atoms with Gasteiger partial charge in [0, 0.05) is 39.6 Å². The summed E-state index contributed by atoms with van der Waals surface area (Å²) in [5.41, 5.74) is 1.44. The van der Waals surface area contributed by atoms with Crippen LogP contribution in [0.4, 0.5) is 8.78 Å². The number of nitrogens with zero attached hydrogens (tertiary/aromatic N) is 2. The fourth-order valence-corrected chi connectivity index (χ4v) is 3.46. The van der Waals surface area contributed by atoms with Gasteiger partial charge in [-0.3, -0.25) is 9.69 Å². The number of rotatable bonds is 7. The van der Waals surface area contributed by atoms with Gasteiger partial charge in [-0.2, -0.15) is 0 Å². The molecule has 1 aliphatic rings. The maximum atomic E-state index is 13.3. The maximum absolute atomic E-state index is 13.3. The van der Waals surface area contributed by atoms with E-state index in [-0.39, 0.29) is 24.1 Å². The highest BCUT2D eigenvalue weighted by atomic mass is 19.1. The van der Waals surface area contributed by atoms with Crippen molar-refractivity contribution in [3.8, 4) is 0 Å². The second-order valence-corrected chi connectivity index (χ2v) is 7.28. The Labute approximate surface area is 169 Å². The van der Waals surface area contributed by atoms with E-state index in [1.807, 2.05) is 0 Å². The molecule has 1 fully saturated rings. The predicted octanol–water partition coefficient (Wildman–Crippen LogP) is 2.60. The topological polar surface area (TPSA) is 53.0 Å². The number of hydrogen-bond acceptors (Lipinski definition) is 4. The van der Waals surface area contributed by atoms with Gasteiger partial charge in [0.25, 0.3) is 0 Å². The molecular weight excluding hydrogens is 378 g/mol. The minimum atomic E-state index is -0.720. The lowest BCUT2D eigenvalue weighted by molar-refractivity contribution is -0.130. The van der Waals surface area contributed by atoms with E-state index in [1.54, 1.807) is 36.1 Å². The number of piperazine rings is 1. The van der Waals surface area contributed by atoms with Gasteiger partial charge in [0.15, 0.2) is 0 Å². The van der Waals surface area contributed by atoms with Gasteiger partial charge < -0.3 is 14.7 Å². The Kier molecular flexibility index (Phi) is 7.30. The number of carbonyl (C=O) groups is 1. The number of aliphatic hydroxyl groups is 1. The first-order valence-corrected chi connectivity index (χ1v) is 9.71. The average molecular weight is 404 g/mol. The largest absolute Gasteiger partial charge is 0.389 e. The molecule has 0 saturated carbocycles. The molecule has 0 aliphatic carbocycles. The SMILES string of the molecule is CC(=O)N1CCN(CC(O)COC(c2ccc(F)cc2)c2ccc(F)cc2)CC1. The van der Waals surface area contributed by atoms with Crippen molar-refractivity contribution < 1.29 is 23.4 Å². The molecular formula is C22H26F2N2O3. The third kappa shape index (κ3) is 6.06. The van der Waals surface area contributed by atoms with Crippen LogP contribution < -0.4 is 0 Å². The van der Waals surface area contributed by atoms with E-state index >= 15 is 0 Å². The molecule has 29 heavy (non-hydrogen) atoms. The predicted molar refractivity (Wildman–Crippen MR) is 105 cm³/mol. The summed E-state index contributed by atoms with van der Waals surface area (Å²) in [6, 6.07) is 11.9. The van der Waals surface area contributed by atoms with Gasteiger partial charge in [0.1, 0.15) is 17.7 Å². The van der Waals surface area contributed by atoms with Crippen molar-refractivity contribution in [2.45, 2.75) is 19.1 Å². The summed E-state index contributed by atoms with van der Waals surface area (Å²) < 4.78 is 32.6. The highest BCUT2D eigenvalue weighted by Crippen LogP contribution is 2.27. The molecule has 1 aliphatic heterocycles. The molecule has 0 spiro atoms. The van der Waals surface area contributed by atoms with Gasteiger partial charge in [0.05, 0.1) is 12.7 Å². The minimum absolute atomic E-state index is 0.0648. The standard InChI is InChI=1S/C22H26F2N2O3/c1-16(27)26-12-10-25(11-13-26)14-21(28)15-29-22(17-2-6-19(23)7-3-17)18-4-8-20(24)9-5-18/h2-9,21-22,28H,10-15H2,1H3. The second-order valence-electron chi connectivity index (χ2n) is 7.28. The van der Waals surface area contributed by atoms with Crippen molar-refractivity contribution >= 4 is 5.91 Å². The van der Waals surface area contributed by atoms with E-state index in [1.165, 1.54) is 24.3 Å². The number of halogens is 2. The summed E-state index contributed by atoms with van der Waals surface area (Å²) in [6.45, 7) is 4.78. The first kappa shape index (κ1) is 21.4. The van der Waals surface area contributed by atoms with Gasteiger partial charge in [-0.15, -0.1) is 0 Å². The van der Waals surface area contributed by atoms with Crippen LogP contribution in [-0.4, -0.2) is 66.2 Å². The van der Waals surface area contributed by atoms with Gasteiger partial charge in [-0.25, -0.2) is 8.78 Å². The molecule has 5 nitrogen and oxygen atoms in total. The van der Waals surface area contributed by atoms with Crippen LogP contribution in [0.3, 0.4) is 0 Å². The van der Waals surface area contributed by atoms with E-state index in [0.29, 0.717) is 32.7 Å². The van der Waals surface area contributed by atoms with Crippen LogP contribution in [0.2, 0.25) is 0 Å². The summed E-state index contributed by atoms with van der Waals surface area (Å²) in [6.07, 6.45) is -1.26. The second kappa shape index (κ2) is 9.91. The first-order chi connectivity index (χ1) is 13.9. The van der Waals surface area contributed by atoms with Crippen LogP contribution in [0.5, 0.6) is 0 Å². The van der Waals surface area contributed by atoms with Gasteiger partial charge in [-0.05, 0) is 35.4 Å². The summed E-state index contributed by atoms with van der Waals surface area (Å²) in [7, 11) is 0. The Morgan fingerprint density at radius 3 is 1.90 bits per heavy atom. The maximum Gasteiger partial charge on any atom is 0.219 e. The van der Waals surface area contributed by atoms with Crippen molar-refractivity contribution in [2.24, 2.45) is 0 Å². The van der Waals surface area contributed by atoms with Crippen molar-refractivity contribution in [1.29, 1.82) is 0 Å². The zero-order valence-corrected chi connectivity index (χ0v) is 16.4. The summed E-state index contributed by atoms with van der Waals surface area (Å²) >= 11 is 0. The quantitative estimate of drug-likeness (QED) is 0.771. The molecule has 1 unspecified atom stereocenters. The van der Waals surface area contributed by atoms with E-state index in [0.717, 1.165) is 11.1 Å². The van der Waals surface area contributed by atoms with Crippen LogP contribution in [-0.2, 0) is 9.53 Å². The Balaban J connectivity index is 1.60. The summed E-state index contributed by atoms with van der Waals surface area (Å²) in [5.74, 6) is -0.636. The third-order valence-electron chi connectivity index (χ3n) is 5.09. The molecule has 1 saturated heterocycles. The Morgan fingerprint density at radius 1 is 0.966 bits per heavy atom. The molecule has 1 N–H and O–H groups in total. The molecule has 2 aromatic carbocycles. The first-order valence-electron chi connectivity index (χ1n) is 9.71. The lowest BCUT2D eigenvalue weighted by atomic mass is 10.0. The van der Waals surface area contributed by atoms with Crippen LogP contribution >= 0.6 is 0 Å². The van der Waals surface area contributed by atoms with E-state index in [4.69, 9.17) is 4.74 Å². The number of aliphatic hydroxyl groups excluding tert-OH is 1. The molecule has 0 bridgehead atoms. The monoisotopic (exact) mass is 404 g/mol. The zero-order valence-electron chi connectivity index (χ0n) is 16.4. The Bertz CT molecular complexity index is 745. The highest BCUT2D eigenvalue weighted by molar-refractivity contribution is 5.73. The van der Waals surface area contributed by atoms with Crippen molar-refractivity contribution in [3.63, 3.8) is 0 Å². The zero-order chi connectivity index (χ0) is 20.8. The van der Waals surface area contributed by atoms with Crippen molar-refractivity contribution in [1.82, 2.24) is 9.80 Å². The highest BCUT2D eigenvalue weighted by Gasteiger charge is 2.22. The number of β-amino-alcohol motifs (C(OH)–C–C–N with tert-alkyl or cyclic N) is 1. The van der Waals surface area contributed by atoms with E-state index < -0.39 is 12.2 Å². The normalized spacial score (nSPS) is 16.2. The molecule has 2 aromatic rings. The number of amides is 1. The Hall–Kier alpha value is -2.35. The van der Waals surface area contributed by atoms with Crippen molar-refractivity contribution in [3.05, 3.63) is 71.3 Å². The summed E-state index contributed by atoms with van der Waals surface area (Å²) in [4.78, 5) is 15.3. The molecule has 0 aromatic heterocycles. The molecule has 0 radical (unpaired) electrons. The number of hydrogen-bond donors (Lipinski definition) is 1. The van der Waals surface area contributed by atoms with Crippen LogP contribution in [0.1, 0.15) is 24.2 Å². The molecule has 156 valence electrons. The van der Waals surface area contributed by atoms with Gasteiger partial charge in [-0.1, -0.05) is 24.3 Å². The smallest absolute Gasteiger partial charge is 0.219 e. The molecule has 1 amide bonds. The molecule has 1 atom stereocenters. The average Bonchev–Trinajstić information content (AvgIpc) is 2.71. The van der Waals surface area contributed by atoms with Crippen molar-refractivity contribution in [2.75, 3.05) is 39.3 Å². The van der Waals surface area contributed by atoms with Gasteiger partial charge in [0.2, 0.25) is 5.91 Å². The van der Waals surface area contributed by atoms with E-state index in [9.17, 15) is 18.7 Å². The third-order valence-corrected chi connectivity index (χ3v) is 5.09. The molecule has 1 heterocycles. The molecule has 3 rings (SSSR count). The lowest BCUT2D eigenvalue weighted by Gasteiger charge is -2.35. The number of ether oxygens (including phenoxy) is 1. The fraction of sp³-hybridized carbons (Fsp3) is 0.409. The Morgan fingerprint density at radius 2 is 1.45 bits per heavy atom. The fourth-order valence-electron chi connectivity index (χ4n) is 3.46. The lowest BCUT2D eigenvalue weighted by Crippen LogP contribution is -2.50. The molecule has 7 heteroatoms. The van der Waals surface area contributed by atoms with Crippen LogP contribution in [0.15, 0.2) is 48.5 Å². The van der Waals surface area contributed by atoms with Crippen LogP contribution in [0, 0.1) is 11.6 Å². The number of benzene rings is 2. The van der Waals surface area contributed by atoms with E-state index in [2.05, 4.69) is 4.90 Å². The van der Waals surface area contributed by atoms with Gasteiger partial charge >= 0.3 is 0 Å². The summed E-state index contributed by atoms with van der Waals surface area (Å²) in [5, 5.41) is 10.4. The number of carbonyl (C=O) groups excluding carboxylic acids is 1.